The summed E-state index contributed by atoms with van der Waals surface area (Å²) in [5.41, 5.74) is 4.92. The molecule has 0 bridgehead atoms. The number of aryl methyl sites for hydroxylation is 1. The Balaban J connectivity index is 3.05. The molecule has 0 aliphatic rings. The average molecular weight is 199 g/mol. The maximum Gasteiger partial charge on any atom is 0.0483 e. The molecule has 2 nitrogen and oxygen atoms in total. The molecule has 72 valence electrons. The first-order chi connectivity index (χ1) is 6.20. The van der Waals surface area contributed by atoms with Crippen LogP contribution in [0.5, 0.6) is 0 Å². The summed E-state index contributed by atoms with van der Waals surface area (Å²) in [7, 11) is 0. The molecule has 1 aromatic carbocycles. The zero-order valence-corrected chi connectivity index (χ0v) is 8.73. The van der Waals surface area contributed by atoms with Crippen LogP contribution in [0.1, 0.15) is 30.5 Å². The summed E-state index contributed by atoms with van der Waals surface area (Å²) in [6, 6.07) is 6.14. The number of nitrogens with one attached hydrogen (secondary N) is 1. The Kier molecular flexibility index (Phi) is 3.72. The predicted molar refractivity (Wildman–Crippen MR) is 56.5 cm³/mol. The fraction of sp³-hybridized carbons (Fsp3) is 0.400. The van der Waals surface area contributed by atoms with Crippen LogP contribution < -0.4 is 11.3 Å². The van der Waals surface area contributed by atoms with E-state index in [-0.39, 0.29) is 6.04 Å². The summed E-state index contributed by atoms with van der Waals surface area (Å²) in [4.78, 5) is 0. The fourth-order valence-corrected chi connectivity index (χ4v) is 1.62. The van der Waals surface area contributed by atoms with Crippen molar-refractivity contribution in [3.05, 3.63) is 34.3 Å². The van der Waals surface area contributed by atoms with Gasteiger partial charge in [-0.25, -0.2) is 0 Å². The molecule has 1 atom stereocenters. The third-order valence-electron chi connectivity index (χ3n) is 2.21. The van der Waals surface area contributed by atoms with E-state index in [4.69, 9.17) is 17.4 Å². The first-order valence-electron chi connectivity index (χ1n) is 4.41. The number of halogens is 1. The van der Waals surface area contributed by atoms with Crippen LogP contribution in [0.3, 0.4) is 0 Å². The minimum atomic E-state index is 0.146. The standard InChI is InChI=1S/C10H15ClN2/c1-3-9(13-12)8-6-4-5-7(2)10(8)11/h4-6,9,13H,3,12H2,1-2H3. The van der Waals surface area contributed by atoms with Crippen LogP contribution in [0.2, 0.25) is 5.02 Å². The van der Waals surface area contributed by atoms with Gasteiger partial charge < -0.3 is 0 Å². The molecule has 0 aliphatic carbocycles. The van der Waals surface area contributed by atoms with E-state index >= 15 is 0 Å². The molecule has 0 saturated heterocycles. The van der Waals surface area contributed by atoms with Crippen molar-refractivity contribution in [2.45, 2.75) is 26.3 Å². The van der Waals surface area contributed by atoms with Crippen LogP contribution >= 0.6 is 11.6 Å². The van der Waals surface area contributed by atoms with Crippen molar-refractivity contribution in [2.75, 3.05) is 0 Å². The van der Waals surface area contributed by atoms with Gasteiger partial charge in [0.15, 0.2) is 0 Å². The quantitative estimate of drug-likeness (QED) is 0.579. The van der Waals surface area contributed by atoms with Gasteiger partial charge in [-0.05, 0) is 24.5 Å². The van der Waals surface area contributed by atoms with Crippen LogP contribution in [0, 0.1) is 6.92 Å². The number of nitrogens with two attached hydrogens (primary N) is 1. The first kappa shape index (κ1) is 10.5. The van der Waals surface area contributed by atoms with Crippen molar-refractivity contribution < 1.29 is 0 Å². The van der Waals surface area contributed by atoms with Crippen LogP contribution in [0.15, 0.2) is 18.2 Å². The molecular weight excluding hydrogens is 184 g/mol. The van der Waals surface area contributed by atoms with E-state index in [0.29, 0.717) is 0 Å². The minimum Gasteiger partial charge on any atom is -0.271 e. The lowest BCUT2D eigenvalue weighted by Crippen LogP contribution is -2.27. The second kappa shape index (κ2) is 4.61. The number of hydrogen-bond donors (Lipinski definition) is 2. The molecule has 3 heteroatoms. The van der Waals surface area contributed by atoms with Gasteiger partial charge in [-0.3, -0.25) is 11.3 Å². The highest BCUT2D eigenvalue weighted by molar-refractivity contribution is 6.32. The Labute approximate surface area is 84.1 Å². The number of rotatable bonds is 3. The summed E-state index contributed by atoms with van der Waals surface area (Å²) in [6.45, 7) is 4.07. The van der Waals surface area contributed by atoms with Gasteiger partial charge in [0.2, 0.25) is 0 Å². The second-order valence-corrected chi connectivity index (χ2v) is 3.48. The van der Waals surface area contributed by atoms with Crippen molar-refractivity contribution in [1.82, 2.24) is 5.43 Å². The van der Waals surface area contributed by atoms with E-state index in [2.05, 4.69) is 12.3 Å². The third-order valence-corrected chi connectivity index (χ3v) is 2.72. The molecular formula is C10H15ClN2. The zero-order chi connectivity index (χ0) is 9.84. The molecule has 1 unspecified atom stereocenters. The molecule has 1 rings (SSSR count). The van der Waals surface area contributed by atoms with Gasteiger partial charge in [0.25, 0.3) is 0 Å². The van der Waals surface area contributed by atoms with Crippen LogP contribution in [-0.2, 0) is 0 Å². The monoisotopic (exact) mass is 198 g/mol. The Morgan fingerprint density at radius 3 is 2.77 bits per heavy atom. The van der Waals surface area contributed by atoms with Gasteiger partial charge in [-0.15, -0.1) is 0 Å². The number of benzene rings is 1. The topological polar surface area (TPSA) is 38.0 Å². The molecule has 0 radical (unpaired) electrons. The summed E-state index contributed by atoms with van der Waals surface area (Å²) >= 11 is 6.15. The fourth-order valence-electron chi connectivity index (χ4n) is 1.37. The summed E-state index contributed by atoms with van der Waals surface area (Å²) in [5.74, 6) is 5.43. The van der Waals surface area contributed by atoms with Crippen LogP contribution in [-0.4, -0.2) is 0 Å². The summed E-state index contributed by atoms with van der Waals surface area (Å²) in [5, 5.41) is 0.812. The summed E-state index contributed by atoms with van der Waals surface area (Å²) < 4.78 is 0. The van der Waals surface area contributed by atoms with Gasteiger partial charge in [0, 0.05) is 11.1 Å². The molecule has 0 heterocycles. The SMILES string of the molecule is CCC(NN)c1cccc(C)c1Cl. The highest BCUT2D eigenvalue weighted by Gasteiger charge is 2.11. The highest BCUT2D eigenvalue weighted by Crippen LogP contribution is 2.27. The minimum absolute atomic E-state index is 0.146. The molecule has 3 N–H and O–H groups in total. The molecule has 0 spiro atoms. The number of hydrazine groups is 1. The van der Waals surface area contributed by atoms with Crippen LogP contribution in [0.4, 0.5) is 0 Å². The van der Waals surface area contributed by atoms with Gasteiger partial charge in [-0.1, -0.05) is 36.7 Å². The van der Waals surface area contributed by atoms with Gasteiger partial charge in [0.05, 0.1) is 0 Å². The van der Waals surface area contributed by atoms with Crippen LogP contribution in [0.25, 0.3) is 0 Å². The Morgan fingerprint density at radius 1 is 1.54 bits per heavy atom. The lowest BCUT2D eigenvalue weighted by Gasteiger charge is -2.16. The van der Waals surface area contributed by atoms with Crippen molar-refractivity contribution in [2.24, 2.45) is 5.84 Å². The van der Waals surface area contributed by atoms with Crippen molar-refractivity contribution in [3.8, 4) is 0 Å². The smallest absolute Gasteiger partial charge is 0.0483 e. The van der Waals surface area contributed by atoms with E-state index in [0.717, 1.165) is 22.6 Å². The van der Waals surface area contributed by atoms with Crippen molar-refractivity contribution >= 4 is 11.6 Å². The Morgan fingerprint density at radius 2 is 2.23 bits per heavy atom. The maximum absolute atomic E-state index is 6.15. The first-order valence-corrected chi connectivity index (χ1v) is 4.79. The average Bonchev–Trinajstić information content (AvgIpc) is 2.14. The van der Waals surface area contributed by atoms with E-state index in [9.17, 15) is 0 Å². The molecule has 0 amide bonds. The number of hydrogen-bond acceptors (Lipinski definition) is 2. The Bertz CT molecular complexity index is 282. The van der Waals surface area contributed by atoms with E-state index in [1.165, 1.54) is 0 Å². The van der Waals surface area contributed by atoms with Gasteiger partial charge in [-0.2, -0.15) is 0 Å². The van der Waals surface area contributed by atoms with E-state index < -0.39 is 0 Å². The summed E-state index contributed by atoms with van der Waals surface area (Å²) in [6.07, 6.45) is 0.930. The molecule has 0 aromatic heterocycles. The Hall–Kier alpha value is -0.570. The van der Waals surface area contributed by atoms with Gasteiger partial charge >= 0.3 is 0 Å². The maximum atomic E-state index is 6.15. The van der Waals surface area contributed by atoms with E-state index in [1.54, 1.807) is 0 Å². The third kappa shape index (κ3) is 2.21. The molecule has 1 aromatic rings. The molecule has 0 aliphatic heterocycles. The lowest BCUT2D eigenvalue weighted by molar-refractivity contribution is 0.539. The molecule has 13 heavy (non-hydrogen) atoms. The van der Waals surface area contributed by atoms with Gasteiger partial charge in [0.1, 0.15) is 0 Å². The zero-order valence-electron chi connectivity index (χ0n) is 7.97. The highest BCUT2D eigenvalue weighted by atomic mass is 35.5. The molecule has 0 fully saturated rings. The lowest BCUT2D eigenvalue weighted by atomic mass is 10.0. The normalized spacial score (nSPS) is 12.9. The predicted octanol–water partition coefficient (Wildman–Crippen LogP) is 2.56. The van der Waals surface area contributed by atoms with Crippen molar-refractivity contribution in [1.29, 1.82) is 0 Å². The van der Waals surface area contributed by atoms with E-state index in [1.807, 2.05) is 25.1 Å². The largest absolute Gasteiger partial charge is 0.271 e. The second-order valence-electron chi connectivity index (χ2n) is 3.11. The van der Waals surface area contributed by atoms with Crippen molar-refractivity contribution in [3.63, 3.8) is 0 Å². The molecule has 0 saturated carbocycles.